The number of methoxy groups -OCH3 is 1. The summed E-state index contributed by atoms with van der Waals surface area (Å²) >= 11 is 1.68. The van der Waals surface area contributed by atoms with Crippen LogP contribution < -0.4 is 10.1 Å². The van der Waals surface area contributed by atoms with Crippen LogP contribution in [0.15, 0.2) is 24.3 Å². The number of nitrogens with zero attached hydrogens (tertiary/aromatic N) is 2. The first-order valence-corrected chi connectivity index (χ1v) is 7.98. The molecule has 0 radical (unpaired) electrons. The summed E-state index contributed by atoms with van der Waals surface area (Å²) < 4.78 is 5.37. The molecule has 0 atom stereocenters. The molecular formula is C16H23N3OS. The average Bonchev–Trinajstić information content (AvgIpc) is 2.85. The van der Waals surface area contributed by atoms with Crippen LogP contribution in [0.2, 0.25) is 0 Å². The lowest BCUT2D eigenvalue weighted by Gasteiger charge is -2.19. The molecule has 0 aliphatic heterocycles. The molecule has 0 spiro atoms. The SMILES string of the molecule is COc1ccccc1Cc1nnc(CCNC(C)(C)C)s1. The highest BCUT2D eigenvalue weighted by Gasteiger charge is 2.11. The van der Waals surface area contributed by atoms with Crippen LogP contribution in [0.25, 0.3) is 0 Å². The summed E-state index contributed by atoms with van der Waals surface area (Å²) in [6.45, 7) is 7.42. The Kier molecular flexibility index (Phi) is 5.31. The van der Waals surface area contributed by atoms with E-state index in [0.717, 1.165) is 40.7 Å². The van der Waals surface area contributed by atoms with Gasteiger partial charge in [0.15, 0.2) is 0 Å². The standard InChI is InChI=1S/C16H23N3OS/c1-16(2,3)17-10-9-14-18-19-15(21-14)11-12-7-5-6-8-13(12)20-4/h5-8,17H,9-11H2,1-4H3. The summed E-state index contributed by atoms with van der Waals surface area (Å²) in [5, 5.41) is 14.1. The first-order chi connectivity index (χ1) is 9.98. The van der Waals surface area contributed by atoms with Crippen LogP contribution in [0.4, 0.5) is 0 Å². The van der Waals surface area contributed by atoms with Crippen molar-refractivity contribution in [1.29, 1.82) is 0 Å². The van der Waals surface area contributed by atoms with Crippen LogP contribution in [-0.2, 0) is 12.8 Å². The molecule has 4 nitrogen and oxygen atoms in total. The van der Waals surface area contributed by atoms with Gasteiger partial charge in [-0.15, -0.1) is 21.5 Å². The highest BCUT2D eigenvalue weighted by Crippen LogP contribution is 2.22. The Labute approximate surface area is 130 Å². The molecule has 0 amide bonds. The maximum absolute atomic E-state index is 5.37. The molecule has 0 aliphatic rings. The first-order valence-electron chi connectivity index (χ1n) is 7.16. The second kappa shape index (κ2) is 7.00. The lowest BCUT2D eigenvalue weighted by Crippen LogP contribution is -2.37. The number of para-hydroxylation sites is 1. The summed E-state index contributed by atoms with van der Waals surface area (Å²) in [5.74, 6) is 0.906. The van der Waals surface area contributed by atoms with Crippen molar-refractivity contribution < 1.29 is 4.74 Å². The Bertz CT molecular complexity index is 575. The molecule has 21 heavy (non-hydrogen) atoms. The van der Waals surface area contributed by atoms with Crippen molar-refractivity contribution in [2.75, 3.05) is 13.7 Å². The van der Waals surface area contributed by atoms with Gasteiger partial charge in [0.2, 0.25) is 0 Å². The summed E-state index contributed by atoms with van der Waals surface area (Å²) in [5.41, 5.74) is 1.29. The van der Waals surface area contributed by atoms with E-state index in [4.69, 9.17) is 4.74 Å². The maximum atomic E-state index is 5.37. The highest BCUT2D eigenvalue weighted by molar-refractivity contribution is 7.11. The fourth-order valence-electron chi connectivity index (χ4n) is 2.02. The van der Waals surface area contributed by atoms with E-state index in [1.54, 1.807) is 18.4 Å². The zero-order valence-corrected chi connectivity index (χ0v) is 14.0. The molecule has 1 aromatic heterocycles. The fraction of sp³-hybridized carbons (Fsp3) is 0.500. The second-order valence-corrected chi connectivity index (χ2v) is 7.15. The quantitative estimate of drug-likeness (QED) is 0.891. The van der Waals surface area contributed by atoms with Crippen molar-refractivity contribution in [2.45, 2.75) is 39.2 Å². The molecule has 2 aromatic rings. The van der Waals surface area contributed by atoms with Crippen LogP contribution in [0, 0.1) is 0 Å². The maximum Gasteiger partial charge on any atom is 0.122 e. The number of ether oxygens (including phenoxy) is 1. The molecule has 0 saturated carbocycles. The van der Waals surface area contributed by atoms with E-state index in [9.17, 15) is 0 Å². The molecule has 0 saturated heterocycles. The van der Waals surface area contributed by atoms with Crippen LogP contribution in [0.5, 0.6) is 5.75 Å². The van der Waals surface area contributed by atoms with Crippen molar-refractivity contribution in [2.24, 2.45) is 0 Å². The molecule has 1 heterocycles. The third-order valence-electron chi connectivity index (χ3n) is 3.04. The predicted octanol–water partition coefficient (Wildman–Crippen LogP) is 3.07. The molecule has 1 aromatic carbocycles. The smallest absolute Gasteiger partial charge is 0.122 e. The van der Waals surface area contributed by atoms with E-state index >= 15 is 0 Å². The average molecular weight is 305 g/mol. The summed E-state index contributed by atoms with van der Waals surface area (Å²) in [6, 6.07) is 8.05. The van der Waals surface area contributed by atoms with Gasteiger partial charge in [-0.3, -0.25) is 0 Å². The monoisotopic (exact) mass is 305 g/mol. The fourth-order valence-corrected chi connectivity index (χ4v) is 2.88. The van der Waals surface area contributed by atoms with E-state index in [1.807, 2.05) is 18.2 Å². The van der Waals surface area contributed by atoms with Crippen molar-refractivity contribution in [1.82, 2.24) is 15.5 Å². The third-order valence-corrected chi connectivity index (χ3v) is 4.02. The Morgan fingerprint density at radius 2 is 1.86 bits per heavy atom. The van der Waals surface area contributed by atoms with Gasteiger partial charge in [-0.05, 0) is 26.8 Å². The largest absolute Gasteiger partial charge is 0.496 e. The van der Waals surface area contributed by atoms with Gasteiger partial charge in [0.1, 0.15) is 15.8 Å². The Hall–Kier alpha value is -1.46. The molecule has 0 aliphatic carbocycles. The van der Waals surface area contributed by atoms with E-state index in [1.165, 1.54) is 0 Å². The molecule has 114 valence electrons. The summed E-state index contributed by atoms with van der Waals surface area (Å²) in [7, 11) is 1.70. The van der Waals surface area contributed by atoms with Gasteiger partial charge >= 0.3 is 0 Å². The number of hydrogen-bond donors (Lipinski definition) is 1. The van der Waals surface area contributed by atoms with Gasteiger partial charge in [0.05, 0.1) is 7.11 Å². The Morgan fingerprint density at radius 3 is 2.57 bits per heavy atom. The molecule has 5 heteroatoms. The van der Waals surface area contributed by atoms with Crippen LogP contribution in [0.3, 0.4) is 0 Å². The van der Waals surface area contributed by atoms with Gasteiger partial charge < -0.3 is 10.1 Å². The number of nitrogens with one attached hydrogen (secondary N) is 1. The zero-order valence-electron chi connectivity index (χ0n) is 13.1. The van der Waals surface area contributed by atoms with Crippen LogP contribution in [-0.4, -0.2) is 29.4 Å². The lowest BCUT2D eigenvalue weighted by molar-refractivity contribution is 0.410. The second-order valence-electron chi connectivity index (χ2n) is 6.00. The van der Waals surface area contributed by atoms with Gasteiger partial charge in [0.25, 0.3) is 0 Å². The van der Waals surface area contributed by atoms with Gasteiger partial charge in [-0.25, -0.2) is 0 Å². The van der Waals surface area contributed by atoms with Crippen LogP contribution >= 0.6 is 11.3 Å². The van der Waals surface area contributed by atoms with Crippen molar-refractivity contribution in [3.05, 3.63) is 39.8 Å². The topological polar surface area (TPSA) is 47.0 Å². The third kappa shape index (κ3) is 5.10. The van der Waals surface area contributed by atoms with Gasteiger partial charge in [-0.2, -0.15) is 0 Å². The van der Waals surface area contributed by atoms with E-state index in [-0.39, 0.29) is 5.54 Å². The van der Waals surface area contributed by atoms with Crippen LogP contribution in [0.1, 0.15) is 36.3 Å². The Morgan fingerprint density at radius 1 is 1.14 bits per heavy atom. The zero-order chi connectivity index (χ0) is 15.3. The Balaban J connectivity index is 1.94. The van der Waals surface area contributed by atoms with Crippen molar-refractivity contribution >= 4 is 11.3 Å². The molecular weight excluding hydrogens is 282 g/mol. The highest BCUT2D eigenvalue weighted by atomic mass is 32.1. The summed E-state index contributed by atoms with van der Waals surface area (Å²) in [6.07, 6.45) is 1.69. The summed E-state index contributed by atoms with van der Waals surface area (Å²) in [4.78, 5) is 0. The molecule has 0 fully saturated rings. The van der Waals surface area contributed by atoms with Gasteiger partial charge in [-0.1, -0.05) is 18.2 Å². The van der Waals surface area contributed by atoms with E-state index in [0.29, 0.717) is 0 Å². The minimum atomic E-state index is 0.144. The molecule has 1 N–H and O–H groups in total. The normalized spacial score (nSPS) is 11.6. The van der Waals surface area contributed by atoms with E-state index in [2.05, 4.69) is 42.4 Å². The number of benzene rings is 1. The first kappa shape index (κ1) is 15.9. The van der Waals surface area contributed by atoms with E-state index < -0.39 is 0 Å². The molecule has 0 bridgehead atoms. The van der Waals surface area contributed by atoms with Gasteiger partial charge in [0, 0.05) is 30.5 Å². The minimum Gasteiger partial charge on any atom is -0.496 e. The molecule has 0 unspecified atom stereocenters. The van der Waals surface area contributed by atoms with Crippen molar-refractivity contribution in [3.63, 3.8) is 0 Å². The lowest BCUT2D eigenvalue weighted by atomic mass is 10.1. The predicted molar refractivity (Wildman–Crippen MR) is 87.2 cm³/mol. The number of aromatic nitrogens is 2. The number of hydrogen-bond acceptors (Lipinski definition) is 5. The number of rotatable bonds is 6. The molecule has 2 rings (SSSR count). The van der Waals surface area contributed by atoms with Crippen molar-refractivity contribution in [3.8, 4) is 5.75 Å². The minimum absolute atomic E-state index is 0.144.